The second-order valence-electron chi connectivity index (χ2n) is 6.41. The van der Waals surface area contributed by atoms with Crippen LogP contribution in [0.15, 0.2) is 34.2 Å². The Labute approximate surface area is 146 Å². The molecule has 128 valence electrons. The summed E-state index contributed by atoms with van der Waals surface area (Å²) in [6.07, 6.45) is 2.55. The fourth-order valence-electron chi connectivity index (χ4n) is 1.98. The molecular weight excluding hydrogens is 324 g/mol. The van der Waals surface area contributed by atoms with Gasteiger partial charge >= 0.3 is 0 Å². The van der Waals surface area contributed by atoms with Crippen LogP contribution < -0.4 is 10.3 Å². The van der Waals surface area contributed by atoms with Crippen LogP contribution in [-0.4, -0.2) is 27.7 Å². The fraction of sp³-hybridized carbons (Fsp3) is 0.412. The Kier molecular flexibility index (Phi) is 5.66. The van der Waals surface area contributed by atoms with Crippen LogP contribution in [0.3, 0.4) is 0 Å². The summed E-state index contributed by atoms with van der Waals surface area (Å²) < 4.78 is 6.85. The second-order valence-corrected chi connectivity index (χ2v) is 6.79. The summed E-state index contributed by atoms with van der Waals surface area (Å²) in [5, 5.41) is 10.9. The number of hydrogen-bond acceptors (Lipinski definition) is 5. The smallest absolute Gasteiger partial charge is 0.297 e. The van der Waals surface area contributed by atoms with Crippen molar-refractivity contribution in [3.8, 4) is 5.75 Å². The molecule has 0 radical (unpaired) electrons. The predicted molar refractivity (Wildman–Crippen MR) is 97.6 cm³/mol. The summed E-state index contributed by atoms with van der Waals surface area (Å²) in [5.74, 6) is 0.808. The molecule has 0 spiro atoms. The molecule has 0 aliphatic heterocycles. The molecule has 24 heavy (non-hydrogen) atoms. The highest BCUT2D eigenvalue weighted by Gasteiger charge is 2.21. The Bertz CT molecular complexity index is 829. The van der Waals surface area contributed by atoms with Crippen molar-refractivity contribution in [1.82, 2.24) is 14.9 Å². The highest BCUT2D eigenvalue weighted by atomic mass is 32.1. The van der Waals surface area contributed by atoms with E-state index < -0.39 is 5.41 Å². The summed E-state index contributed by atoms with van der Waals surface area (Å²) in [7, 11) is 0. The standard InChI is InChI=1S/C17H22N4O2S/c1-5-10-23-13-8-6-12(7-9-13)11-18-21-15(22)14(17(2,3)4)19-20-16(21)24/h6-9,11H,5,10H2,1-4H3,(H,20,24)/b18-11-. The minimum Gasteiger partial charge on any atom is -0.494 e. The van der Waals surface area contributed by atoms with Crippen molar-refractivity contribution in [3.63, 3.8) is 0 Å². The van der Waals surface area contributed by atoms with Crippen LogP contribution in [0, 0.1) is 4.77 Å². The molecule has 7 heteroatoms. The van der Waals surface area contributed by atoms with Gasteiger partial charge < -0.3 is 4.74 Å². The van der Waals surface area contributed by atoms with E-state index in [2.05, 4.69) is 22.2 Å². The van der Waals surface area contributed by atoms with E-state index in [0.29, 0.717) is 12.3 Å². The van der Waals surface area contributed by atoms with Crippen molar-refractivity contribution >= 4 is 18.4 Å². The van der Waals surface area contributed by atoms with E-state index in [1.54, 1.807) is 6.21 Å². The van der Waals surface area contributed by atoms with Crippen molar-refractivity contribution in [2.75, 3.05) is 6.61 Å². The maximum atomic E-state index is 12.5. The second kappa shape index (κ2) is 7.53. The Morgan fingerprint density at radius 1 is 1.33 bits per heavy atom. The zero-order chi connectivity index (χ0) is 17.7. The predicted octanol–water partition coefficient (Wildman–Crippen LogP) is 3.27. The molecule has 1 N–H and O–H groups in total. The molecule has 0 saturated heterocycles. The lowest BCUT2D eigenvalue weighted by Crippen LogP contribution is -2.32. The number of rotatable bonds is 5. The zero-order valence-corrected chi connectivity index (χ0v) is 15.2. The Balaban J connectivity index is 2.29. The Morgan fingerprint density at radius 2 is 2.00 bits per heavy atom. The average Bonchev–Trinajstić information content (AvgIpc) is 2.52. The van der Waals surface area contributed by atoms with E-state index in [1.165, 1.54) is 0 Å². The number of nitrogens with one attached hydrogen (secondary N) is 1. The summed E-state index contributed by atoms with van der Waals surface area (Å²) in [6.45, 7) is 8.48. The highest BCUT2D eigenvalue weighted by molar-refractivity contribution is 7.71. The number of benzene rings is 1. The van der Waals surface area contributed by atoms with Gasteiger partial charge in [-0.1, -0.05) is 27.7 Å². The van der Waals surface area contributed by atoms with Gasteiger partial charge in [0.25, 0.3) is 5.56 Å². The third kappa shape index (κ3) is 4.38. The highest BCUT2D eigenvalue weighted by Crippen LogP contribution is 2.15. The lowest BCUT2D eigenvalue weighted by atomic mass is 9.93. The first kappa shape index (κ1) is 18.1. The first-order valence-corrected chi connectivity index (χ1v) is 8.23. The van der Waals surface area contributed by atoms with Gasteiger partial charge in [-0.3, -0.25) is 9.89 Å². The molecule has 6 nitrogen and oxygen atoms in total. The molecule has 1 aromatic heterocycles. The molecule has 1 heterocycles. The van der Waals surface area contributed by atoms with E-state index in [9.17, 15) is 4.79 Å². The third-order valence-corrected chi connectivity index (χ3v) is 3.50. The van der Waals surface area contributed by atoms with Gasteiger partial charge in [-0.15, -0.1) is 0 Å². The molecular formula is C17H22N4O2S. The fourth-order valence-corrected chi connectivity index (χ4v) is 2.15. The van der Waals surface area contributed by atoms with Gasteiger partial charge in [-0.2, -0.15) is 14.9 Å². The lowest BCUT2D eigenvalue weighted by molar-refractivity contribution is 0.317. The van der Waals surface area contributed by atoms with Gasteiger partial charge in [0.05, 0.1) is 12.8 Å². The molecule has 0 aliphatic rings. The van der Waals surface area contributed by atoms with Gasteiger partial charge in [0.1, 0.15) is 11.4 Å². The summed E-state index contributed by atoms with van der Waals surface area (Å²) in [5.41, 5.74) is 0.517. The Morgan fingerprint density at radius 3 is 2.58 bits per heavy atom. The number of hydrogen-bond donors (Lipinski definition) is 1. The normalized spacial score (nSPS) is 11.8. The molecule has 0 amide bonds. The van der Waals surface area contributed by atoms with Crippen LogP contribution in [0.4, 0.5) is 0 Å². The van der Waals surface area contributed by atoms with Crippen LogP contribution in [0.5, 0.6) is 5.75 Å². The van der Waals surface area contributed by atoms with Crippen molar-refractivity contribution in [2.24, 2.45) is 5.10 Å². The van der Waals surface area contributed by atoms with Crippen molar-refractivity contribution in [2.45, 2.75) is 39.5 Å². The van der Waals surface area contributed by atoms with Crippen molar-refractivity contribution in [1.29, 1.82) is 0 Å². The van der Waals surface area contributed by atoms with E-state index in [0.717, 1.165) is 22.4 Å². The monoisotopic (exact) mass is 346 g/mol. The topological polar surface area (TPSA) is 72.3 Å². The largest absolute Gasteiger partial charge is 0.494 e. The van der Waals surface area contributed by atoms with Crippen LogP contribution in [0.1, 0.15) is 45.4 Å². The third-order valence-electron chi connectivity index (χ3n) is 3.24. The molecule has 2 aromatic rings. The van der Waals surface area contributed by atoms with E-state index >= 15 is 0 Å². The minimum atomic E-state index is -0.397. The maximum Gasteiger partial charge on any atom is 0.297 e. The van der Waals surface area contributed by atoms with Gasteiger partial charge in [0.2, 0.25) is 4.77 Å². The van der Waals surface area contributed by atoms with Crippen molar-refractivity contribution in [3.05, 3.63) is 50.6 Å². The molecule has 0 fully saturated rings. The van der Waals surface area contributed by atoms with Crippen LogP contribution in [-0.2, 0) is 5.41 Å². The number of H-pyrrole nitrogens is 1. The first-order valence-electron chi connectivity index (χ1n) is 7.82. The number of aromatic amines is 1. The van der Waals surface area contributed by atoms with Crippen molar-refractivity contribution < 1.29 is 4.74 Å². The number of nitrogens with zero attached hydrogens (tertiary/aromatic N) is 3. The van der Waals surface area contributed by atoms with Gasteiger partial charge in [-0.05, 0) is 48.5 Å². The minimum absolute atomic E-state index is 0.159. The van der Waals surface area contributed by atoms with Gasteiger partial charge in [0, 0.05) is 5.41 Å². The van der Waals surface area contributed by atoms with Gasteiger partial charge in [0.15, 0.2) is 0 Å². The molecule has 2 rings (SSSR count). The molecule has 0 atom stereocenters. The summed E-state index contributed by atoms with van der Waals surface area (Å²) in [6, 6.07) is 7.48. The van der Waals surface area contributed by atoms with E-state index in [1.807, 2.05) is 45.0 Å². The summed E-state index contributed by atoms with van der Waals surface area (Å²) >= 11 is 5.12. The SMILES string of the molecule is CCCOc1ccc(/C=N\n2c(=S)[nH]nc(C(C)(C)C)c2=O)cc1. The Hall–Kier alpha value is -2.28. The van der Waals surface area contributed by atoms with E-state index in [-0.39, 0.29) is 10.3 Å². The molecule has 0 unspecified atom stereocenters. The first-order chi connectivity index (χ1) is 11.3. The van der Waals surface area contributed by atoms with E-state index in [4.69, 9.17) is 17.0 Å². The average molecular weight is 346 g/mol. The maximum absolute atomic E-state index is 12.5. The van der Waals surface area contributed by atoms with Crippen LogP contribution in [0.2, 0.25) is 0 Å². The molecule has 1 aromatic carbocycles. The van der Waals surface area contributed by atoms with Gasteiger partial charge in [-0.25, -0.2) is 0 Å². The molecule has 0 aliphatic carbocycles. The zero-order valence-electron chi connectivity index (χ0n) is 14.4. The molecule has 0 bridgehead atoms. The molecule has 0 saturated carbocycles. The lowest BCUT2D eigenvalue weighted by Gasteiger charge is -2.16. The van der Waals surface area contributed by atoms with Crippen LogP contribution >= 0.6 is 12.2 Å². The van der Waals surface area contributed by atoms with Crippen LogP contribution in [0.25, 0.3) is 0 Å². The number of ether oxygens (including phenoxy) is 1. The number of aromatic nitrogens is 3. The quantitative estimate of drug-likeness (QED) is 0.666. The summed E-state index contributed by atoms with van der Waals surface area (Å²) in [4.78, 5) is 12.5.